The van der Waals surface area contributed by atoms with Gasteiger partial charge in [-0.15, -0.1) is 0 Å². The zero-order chi connectivity index (χ0) is 21.7. The van der Waals surface area contributed by atoms with Crippen molar-refractivity contribution in [1.82, 2.24) is 10.2 Å². The molecule has 1 aromatic carbocycles. The average Bonchev–Trinajstić information content (AvgIpc) is 2.70. The third-order valence-corrected chi connectivity index (χ3v) is 7.11. The zero-order valence-electron chi connectivity index (χ0n) is 19.2. The number of carbonyl (C=O) groups is 1. The van der Waals surface area contributed by atoms with Crippen LogP contribution >= 0.6 is 0 Å². The highest BCUT2D eigenvalue weighted by molar-refractivity contribution is 5.90. The summed E-state index contributed by atoms with van der Waals surface area (Å²) in [7, 11) is 0. The maximum atomic E-state index is 12.7. The molecule has 4 rings (SSSR count). The van der Waals surface area contributed by atoms with E-state index in [0.29, 0.717) is 6.61 Å². The molecule has 3 fully saturated rings. The molecule has 2 aliphatic carbocycles. The number of nitrogens with zero attached hydrogens (tertiary/aromatic N) is 1. The predicted molar refractivity (Wildman–Crippen MR) is 124 cm³/mol. The molecule has 2 bridgehead atoms. The molecule has 2 amide bonds. The SMILES string of the molecule is CC1CC2CC(C1)CC(C)(NC(=O)Nc1cccc(OCCCN3CCOCC3)c1)C2. The predicted octanol–water partition coefficient (Wildman–Crippen LogP) is 4.51. The molecule has 0 aromatic heterocycles. The normalized spacial score (nSPS) is 31.1. The summed E-state index contributed by atoms with van der Waals surface area (Å²) >= 11 is 0. The molecule has 31 heavy (non-hydrogen) atoms. The minimum Gasteiger partial charge on any atom is -0.493 e. The Bertz CT molecular complexity index is 716. The largest absolute Gasteiger partial charge is 0.493 e. The molecule has 1 aliphatic heterocycles. The van der Waals surface area contributed by atoms with Gasteiger partial charge in [-0.2, -0.15) is 0 Å². The molecule has 6 nitrogen and oxygen atoms in total. The highest BCUT2D eigenvalue weighted by Crippen LogP contribution is 2.46. The Morgan fingerprint density at radius 1 is 1.19 bits per heavy atom. The van der Waals surface area contributed by atoms with Crippen LogP contribution < -0.4 is 15.4 Å². The summed E-state index contributed by atoms with van der Waals surface area (Å²) in [4.78, 5) is 15.2. The number of fused-ring (bicyclic) bond motifs is 2. The van der Waals surface area contributed by atoms with Gasteiger partial charge >= 0.3 is 6.03 Å². The van der Waals surface area contributed by atoms with Gasteiger partial charge in [0.05, 0.1) is 19.8 Å². The van der Waals surface area contributed by atoms with Crippen molar-refractivity contribution in [1.29, 1.82) is 0 Å². The molecule has 172 valence electrons. The third-order valence-electron chi connectivity index (χ3n) is 7.11. The highest BCUT2D eigenvalue weighted by Gasteiger charge is 2.41. The molecule has 1 aromatic rings. The summed E-state index contributed by atoms with van der Waals surface area (Å²) in [5.74, 6) is 3.13. The van der Waals surface area contributed by atoms with E-state index in [0.717, 1.165) is 81.3 Å². The van der Waals surface area contributed by atoms with E-state index in [2.05, 4.69) is 29.4 Å². The zero-order valence-corrected chi connectivity index (χ0v) is 19.2. The lowest BCUT2D eigenvalue weighted by molar-refractivity contribution is 0.0358. The number of rotatable bonds is 7. The van der Waals surface area contributed by atoms with Gasteiger partial charge in [0, 0.05) is 36.9 Å². The third kappa shape index (κ3) is 6.59. The van der Waals surface area contributed by atoms with E-state index in [-0.39, 0.29) is 11.6 Å². The summed E-state index contributed by atoms with van der Waals surface area (Å²) in [5, 5.41) is 6.31. The van der Waals surface area contributed by atoms with Crippen molar-refractivity contribution in [2.45, 2.75) is 57.9 Å². The van der Waals surface area contributed by atoms with Crippen LogP contribution in [0.4, 0.5) is 10.5 Å². The van der Waals surface area contributed by atoms with E-state index in [1.165, 1.54) is 19.3 Å². The van der Waals surface area contributed by atoms with Gasteiger partial charge in [0.15, 0.2) is 0 Å². The maximum absolute atomic E-state index is 12.7. The number of hydrogen-bond donors (Lipinski definition) is 2. The summed E-state index contributed by atoms with van der Waals surface area (Å²) in [6.07, 6.45) is 7.12. The van der Waals surface area contributed by atoms with Gasteiger partial charge in [0.25, 0.3) is 0 Å². The van der Waals surface area contributed by atoms with Crippen molar-refractivity contribution in [2.24, 2.45) is 17.8 Å². The van der Waals surface area contributed by atoms with Crippen LogP contribution in [0.2, 0.25) is 0 Å². The fraction of sp³-hybridized carbons (Fsp3) is 0.720. The fourth-order valence-corrected chi connectivity index (χ4v) is 6.09. The van der Waals surface area contributed by atoms with Gasteiger partial charge in [0.1, 0.15) is 5.75 Å². The van der Waals surface area contributed by atoms with Crippen molar-refractivity contribution >= 4 is 11.7 Å². The minimum atomic E-state index is -0.111. The maximum Gasteiger partial charge on any atom is 0.319 e. The number of ether oxygens (including phenoxy) is 2. The number of carbonyl (C=O) groups excluding carboxylic acids is 1. The number of anilines is 1. The first-order valence-corrected chi connectivity index (χ1v) is 12.1. The molecule has 3 aliphatic rings. The van der Waals surface area contributed by atoms with E-state index in [9.17, 15) is 4.79 Å². The average molecular weight is 430 g/mol. The van der Waals surface area contributed by atoms with Crippen LogP contribution in [0, 0.1) is 17.8 Å². The molecule has 0 radical (unpaired) electrons. The minimum absolute atomic E-state index is 0.106. The molecule has 0 spiro atoms. The molecule has 2 N–H and O–H groups in total. The van der Waals surface area contributed by atoms with Crippen LogP contribution in [0.3, 0.4) is 0 Å². The second-order valence-electron chi connectivity index (χ2n) is 10.3. The smallest absolute Gasteiger partial charge is 0.319 e. The van der Waals surface area contributed by atoms with Gasteiger partial charge in [-0.05, 0) is 75.3 Å². The Hall–Kier alpha value is -1.79. The Morgan fingerprint density at radius 3 is 2.68 bits per heavy atom. The summed E-state index contributed by atoms with van der Waals surface area (Å²) in [6.45, 7) is 9.97. The Balaban J connectivity index is 1.22. The monoisotopic (exact) mass is 429 g/mol. The van der Waals surface area contributed by atoms with Crippen molar-refractivity contribution in [2.75, 3.05) is 44.8 Å². The van der Waals surface area contributed by atoms with Crippen molar-refractivity contribution in [3.8, 4) is 5.75 Å². The molecule has 1 heterocycles. The Morgan fingerprint density at radius 2 is 1.94 bits per heavy atom. The number of amides is 2. The summed E-state index contributed by atoms with van der Waals surface area (Å²) in [6, 6.07) is 7.59. The van der Waals surface area contributed by atoms with Crippen LogP contribution in [-0.2, 0) is 4.74 Å². The van der Waals surface area contributed by atoms with E-state index >= 15 is 0 Å². The first-order valence-electron chi connectivity index (χ1n) is 12.1. The van der Waals surface area contributed by atoms with Gasteiger partial charge < -0.3 is 20.1 Å². The van der Waals surface area contributed by atoms with Crippen LogP contribution in [0.15, 0.2) is 24.3 Å². The molecular weight excluding hydrogens is 390 g/mol. The molecular formula is C25H39N3O3. The van der Waals surface area contributed by atoms with Crippen LogP contribution in [0.1, 0.15) is 52.4 Å². The van der Waals surface area contributed by atoms with E-state index in [1.54, 1.807) is 0 Å². The number of urea groups is 1. The number of nitrogens with one attached hydrogen (secondary N) is 2. The Kier molecular flexibility index (Phi) is 7.39. The molecule has 2 saturated carbocycles. The van der Waals surface area contributed by atoms with Crippen molar-refractivity contribution in [3.05, 3.63) is 24.3 Å². The fourth-order valence-electron chi connectivity index (χ4n) is 6.09. The number of morpholine rings is 1. The number of benzene rings is 1. The van der Waals surface area contributed by atoms with Crippen molar-refractivity contribution in [3.63, 3.8) is 0 Å². The van der Waals surface area contributed by atoms with Crippen LogP contribution in [-0.4, -0.2) is 55.9 Å². The first kappa shape index (κ1) is 22.4. The topological polar surface area (TPSA) is 62.8 Å². The summed E-state index contributed by atoms with van der Waals surface area (Å²) in [5.41, 5.74) is 0.669. The van der Waals surface area contributed by atoms with Crippen LogP contribution in [0.25, 0.3) is 0 Å². The van der Waals surface area contributed by atoms with E-state index in [4.69, 9.17) is 9.47 Å². The molecule has 1 saturated heterocycles. The lowest BCUT2D eigenvalue weighted by Gasteiger charge is -2.47. The van der Waals surface area contributed by atoms with E-state index < -0.39 is 0 Å². The molecule has 6 heteroatoms. The second kappa shape index (κ2) is 10.2. The standard InChI is InChI=1S/C25H39N3O3/c1-19-13-20-15-21(14-19)18-25(2,17-20)27-24(29)26-22-5-3-6-23(16-22)31-10-4-7-28-8-11-30-12-9-28/h3,5-6,16,19-21H,4,7-15,17-18H2,1-2H3,(H2,26,27,29). The lowest BCUT2D eigenvalue weighted by atomic mass is 9.63. The van der Waals surface area contributed by atoms with Gasteiger partial charge in [-0.3, -0.25) is 4.90 Å². The molecule has 2 unspecified atom stereocenters. The van der Waals surface area contributed by atoms with Crippen LogP contribution in [0.5, 0.6) is 5.75 Å². The second-order valence-corrected chi connectivity index (χ2v) is 10.3. The van der Waals surface area contributed by atoms with Gasteiger partial charge in [-0.1, -0.05) is 13.0 Å². The summed E-state index contributed by atoms with van der Waals surface area (Å²) < 4.78 is 11.3. The number of hydrogen-bond acceptors (Lipinski definition) is 4. The lowest BCUT2D eigenvalue weighted by Crippen LogP contribution is -2.53. The quantitative estimate of drug-likeness (QED) is 0.626. The first-order chi connectivity index (χ1) is 15.0. The van der Waals surface area contributed by atoms with Gasteiger partial charge in [-0.25, -0.2) is 4.79 Å². The molecule has 2 atom stereocenters. The van der Waals surface area contributed by atoms with Gasteiger partial charge in [0.2, 0.25) is 0 Å². The Labute approximate surface area is 187 Å². The van der Waals surface area contributed by atoms with Crippen molar-refractivity contribution < 1.29 is 14.3 Å². The highest BCUT2D eigenvalue weighted by atomic mass is 16.5. The van der Waals surface area contributed by atoms with E-state index in [1.807, 2.05) is 24.3 Å².